The van der Waals surface area contributed by atoms with Crippen LogP contribution in [0.25, 0.3) is 0 Å². The number of hydrogen-bond acceptors (Lipinski definition) is 2. The van der Waals surface area contributed by atoms with Crippen LogP contribution in [0.5, 0.6) is 0 Å². The van der Waals surface area contributed by atoms with Crippen LogP contribution in [0.15, 0.2) is 0 Å². The predicted octanol–water partition coefficient (Wildman–Crippen LogP) is 1.27. The number of nitrogens with one attached hydrogen (secondary N) is 1. The number of ketones is 1. The van der Waals surface area contributed by atoms with E-state index in [4.69, 9.17) is 0 Å². The van der Waals surface area contributed by atoms with E-state index in [9.17, 15) is 9.59 Å². The highest BCUT2D eigenvalue weighted by Crippen LogP contribution is 2.00. The molecule has 70 valence electrons. The van der Waals surface area contributed by atoms with Crippen LogP contribution in [0.4, 0.5) is 0 Å². The van der Waals surface area contributed by atoms with Crippen LogP contribution in [0.2, 0.25) is 0 Å². The number of carbonyl (C=O) groups excluding carboxylic acids is 2. The molecule has 3 heteroatoms. The van der Waals surface area contributed by atoms with Gasteiger partial charge in [-0.25, -0.2) is 0 Å². The van der Waals surface area contributed by atoms with Crippen molar-refractivity contribution < 1.29 is 9.59 Å². The topological polar surface area (TPSA) is 46.2 Å². The van der Waals surface area contributed by atoms with Crippen LogP contribution in [0.1, 0.15) is 40.0 Å². The fourth-order valence-corrected chi connectivity index (χ4v) is 1.08. The molecule has 0 aliphatic rings. The summed E-state index contributed by atoms with van der Waals surface area (Å²) in [5.74, 6) is 0.204. The van der Waals surface area contributed by atoms with E-state index in [2.05, 4.69) is 5.32 Å². The molecule has 0 spiro atoms. The molecule has 0 saturated carbocycles. The summed E-state index contributed by atoms with van der Waals surface area (Å²) in [7, 11) is 0. The van der Waals surface area contributed by atoms with Gasteiger partial charge in [-0.15, -0.1) is 0 Å². The zero-order chi connectivity index (χ0) is 9.56. The lowest BCUT2D eigenvalue weighted by molar-refractivity contribution is -0.119. The molecule has 0 fully saturated rings. The third kappa shape index (κ3) is 7.25. The summed E-state index contributed by atoms with van der Waals surface area (Å²) in [5.41, 5.74) is 0. The van der Waals surface area contributed by atoms with Crippen LogP contribution in [-0.2, 0) is 9.59 Å². The minimum absolute atomic E-state index is 0.00896. The molecule has 0 saturated heterocycles. The number of rotatable bonds is 5. The van der Waals surface area contributed by atoms with Gasteiger partial charge in [0.25, 0.3) is 0 Å². The lowest BCUT2D eigenvalue weighted by Gasteiger charge is -2.10. The summed E-state index contributed by atoms with van der Waals surface area (Å²) >= 11 is 0. The van der Waals surface area contributed by atoms with Crippen LogP contribution in [-0.4, -0.2) is 17.7 Å². The van der Waals surface area contributed by atoms with E-state index in [0.29, 0.717) is 6.42 Å². The van der Waals surface area contributed by atoms with E-state index in [1.165, 1.54) is 6.92 Å². The summed E-state index contributed by atoms with van der Waals surface area (Å²) in [6, 6.07) is 0.182. The van der Waals surface area contributed by atoms with Crippen molar-refractivity contribution >= 4 is 11.7 Å². The maximum absolute atomic E-state index is 10.6. The summed E-state index contributed by atoms with van der Waals surface area (Å²) in [6.07, 6.45) is 2.35. The molecule has 12 heavy (non-hydrogen) atoms. The molecule has 1 amide bonds. The third-order valence-corrected chi connectivity index (χ3v) is 1.62. The Morgan fingerprint density at radius 1 is 1.33 bits per heavy atom. The largest absolute Gasteiger partial charge is 0.354 e. The lowest BCUT2D eigenvalue weighted by atomic mass is 10.1. The Morgan fingerprint density at radius 3 is 2.33 bits per heavy atom. The molecule has 1 atom stereocenters. The van der Waals surface area contributed by atoms with Gasteiger partial charge in [0, 0.05) is 19.4 Å². The fourth-order valence-electron chi connectivity index (χ4n) is 1.08. The van der Waals surface area contributed by atoms with Crippen LogP contribution < -0.4 is 5.32 Å². The van der Waals surface area contributed by atoms with E-state index in [-0.39, 0.29) is 17.7 Å². The maximum Gasteiger partial charge on any atom is 0.217 e. The summed E-state index contributed by atoms with van der Waals surface area (Å²) < 4.78 is 0. The van der Waals surface area contributed by atoms with Gasteiger partial charge in [-0.1, -0.05) is 0 Å². The third-order valence-electron chi connectivity index (χ3n) is 1.62. The molecule has 0 radical (unpaired) electrons. The molecule has 0 aromatic rings. The number of hydrogen-bond donors (Lipinski definition) is 1. The summed E-state index contributed by atoms with van der Waals surface area (Å²) in [6.45, 7) is 5.03. The number of amides is 1. The van der Waals surface area contributed by atoms with Gasteiger partial charge in [0.1, 0.15) is 5.78 Å². The monoisotopic (exact) mass is 171 g/mol. The maximum atomic E-state index is 10.6. The molecule has 0 aliphatic carbocycles. The van der Waals surface area contributed by atoms with E-state index < -0.39 is 0 Å². The Balaban J connectivity index is 3.37. The molecular formula is C9H17NO2. The first-order valence-corrected chi connectivity index (χ1v) is 4.29. The Labute approximate surface area is 73.5 Å². The van der Waals surface area contributed by atoms with Crippen molar-refractivity contribution in [2.75, 3.05) is 0 Å². The fraction of sp³-hybridized carbons (Fsp3) is 0.778. The molecule has 0 aromatic carbocycles. The van der Waals surface area contributed by atoms with E-state index in [1.807, 2.05) is 6.92 Å². The second-order valence-electron chi connectivity index (χ2n) is 3.20. The Kier molecular flexibility index (Phi) is 5.34. The highest BCUT2D eigenvalue weighted by molar-refractivity contribution is 5.75. The zero-order valence-corrected chi connectivity index (χ0v) is 8.02. The SMILES string of the molecule is CC(=O)CCCC(C)NC(C)=O. The number of Topliss-reactive ketones (excluding diaryl/α,β-unsaturated/α-hetero) is 1. The second-order valence-corrected chi connectivity index (χ2v) is 3.20. The first kappa shape index (κ1) is 11.1. The van der Waals surface area contributed by atoms with Gasteiger partial charge in [0.2, 0.25) is 5.91 Å². The molecule has 0 aromatic heterocycles. The average Bonchev–Trinajstić information content (AvgIpc) is 1.84. The highest BCUT2D eigenvalue weighted by Gasteiger charge is 2.03. The van der Waals surface area contributed by atoms with Crippen molar-refractivity contribution in [2.45, 2.75) is 46.1 Å². The molecule has 0 aliphatic heterocycles. The lowest BCUT2D eigenvalue weighted by Crippen LogP contribution is -2.30. The van der Waals surface area contributed by atoms with Gasteiger partial charge < -0.3 is 10.1 Å². The standard InChI is InChI=1S/C9H17NO2/c1-7(10-9(3)12)5-4-6-8(2)11/h7H,4-6H2,1-3H3,(H,10,12). The van der Waals surface area contributed by atoms with Gasteiger partial charge in [-0.05, 0) is 26.7 Å². The second kappa shape index (κ2) is 5.75. The molecule has 1 N–H and O–H groups in total. The van der Waals surface area contributed by atoms with E-state index >= 15 is 0 Å². The smallest absolute Gasteiger partial charge is 0.217 e. The van der Waals surface area contributed by atoms with Crippen molar-refractivity contribution in [1.82, 2.24) is 5.32 Å². The van der Waals surface area contributed by atoms with Crippen LogP contribution in [0.3, 0.4) is 0 Å². The van der Waals surface area contributed by atoms with E-state index in [1.54, 1.807) is 6.92 Å². The Hall–Kier alpha value is -0.860. The normalized spacial score (nSPS) is 12.2. The quantitative estimate of drug-likeness (QED) is 0.677. The average molecular weight is 171 g/mol. The van der Waals surface area contributed by atoms with Crippen molar-refractivity contribution in [3.63, 3.8) is 0 Å². The van der Waals surface area contributed by atoms with Gasteiger partial charge in [-0.3, -0.25) is 4.79 Å². The van der Waals surface area contributed by atoms with Crippen molar-refractivity contribution in [3.05, 3.63) is 0 Å². The molecule has 0 heterocycles. The Bertz CT molecular complexity index is 166. The molecular weight excluding hydrogens is 154 g/mol. The van der Waals surface area contributed by atoms with Gasteiger partial charge in [0.05, 0.1) is 0 Å². The molecule has 0 rings (SSSR count). The summed E-state index contributed by atoms with van der Waals surface area (Å²) in [5, 5.41) is 2.77. The Morgan fingerprint density at radius 2 is 1.92 bits per heavy atom. The van der Waals surface area contributed by atoms with Gasteiger partial charge in [-0.2, -0.15) is 0 Å². The van der Waals surface area contributed by atoms with Crippen molar-refractivity contribution in [2.24, 2.45) is 0 Å². The number of carbonyl (C=O) groups is 2. The van der Waals surface area contributed by atoms with Gasteiger partial charge >= 0.3 is 0 Å². The molecule has 0 bridgehead atoms. The molecule has 1 unspecified atom stereocenters. The highest BCUT2D eigenvalue weighted by atomic mass is 16.1. The van der Waals surface area contributed by atoms with Crippen LogP contribution >= 0.6 is 0 Å². The van der Waals surface area contributed by atoms with Crippen LogP contribution in [0, 0.1) is 0 Å². The first-order chi connectivity index (χ1) is 5.52. The van der Waals surface area contributed by atoms with Gasteiger partial charge in [0.15, 0.2) is 0 Å². The minimum atomic E-state index is -0.00896. The predicted molar refractivity (Wildman–Crippen MR) is 47.8 cm³/mol. The van der Waals surface area contributed by atoms with Crippen molar-refractivity contribution in [3.8, 4) is 0 Å². The first-order valence-electron chi connectivity index (χ1n) is 4.29. The van der Waals surface area contributed by atoms with E-state index in [0.717, 1.165) is 12.8 Å². The minimum Gasteiger partial charge on any atom is -0.354 e. The van der Waals surface area contributed by atoms with Crippen molar-refractivity contribution in [1.29, 1.82) is 0 Å². The summed E-state index contributed by atoms with van der Waals surface area (Å²) in [4.78, 5) is 21.1. The molecule has 3 nitrogen and oxygen atoms in total. The zero-order valence-electron chi connectivity index (χ0n) is 8.02.